The van der Waals surface area contributed by atoms with E-state index in [0.29, 0.717) is 22.3 Å². The van der Waals surface area contributed by atoms with Gasteiger partial charge in [0.15, 0.2) is 5.11 Å². The van der Waals surface area contributed by atoms with E-state index >= 15 is 0 Å². The second-order valence-electron chi connectivity index (χ2n) is 8.57. The van der Waals surface area contributed by atoms with Gasteiger partial charge in [0.2, 0.25) is 5.95 Å². The van der Waals surface area contributed by atoms with E-state index < -0.39 is 0 Å². The van der Waals surface area contributed by atoms with Crippen LogP contribution in [0.3, 0.4) is 0 Å². The van der Waals surface area contributed by atoms with Gasteiger partial charge in [-0.25, -0.2) is 4.98 Å². The number of hydrogen-bond acceptors (Lipinski definition) is 4. The van der Waals surface area contributed by atoms with Gasteiger partial charge in [-0.3, -0.25) is 0 Å². The third-order valence-corrected chi connectivity index (χ3v) is 6.98. The molecule has 2 aromatic rings. The standard InChI is InChI=1S/C23H30ClN5S/c1-17-9-5-8-14-29(17)20-15-19(24)26-21(27-20)28-22(30)25-16-23(12-6-7-13-23)18-10-3-2-4-11-18/h2-4,10-11,15,17H,5-9,12-14,16H2,1H3,(H2,25,26,27,28,30)/t17-/m0/s1. The van der Waals surface area contributed by atoms with E-state index in [0.717, 1.165) is 18.9 Å². The lowest BCUT2D eigenvalue weighted by Crippen LogP contribution is -2.41. The Kier molecular flexibility index (Phi) is 6.74. The van der Waals surface area contributed by atoms with E-state index in [4.69, 9.17) is 28.8 Å². The van der Waals surface area contributed by atoms with Gasteiger partial charge in [0.1, 0.15) is 11.0 Å². The Bertz CT molecular complexity index is 869. The summed E-state index contributed by atoms with van der Waals surface area (Å²) in [5, 5.41) is 7.55. The number of aromatic nitrogens is 2. The molecule has 7 heteroatoms. The minimum absolute atomic E-state index is 0.135. The molecule has 1 aromatic heterocycles. The van der Waals surface area contributed by atoms with Crippen molar-refractivity contribution < 1.29 is 0 Å². The highest BCUT2D eigenvalue weighted by molar-refractivity contribution is 7.80. The van der Waals surface area contributed by atoms with Crippen LogP contribution >= 0.6 is 23.8 Å². The highest BCUT2D eigenvalue weighted by Gasteiger charge is 2.35. The van der Waals surface area contributed by atoms with Crippen molar-refractivity contribution in [1.82, 2.24) is 15.3 Å². The summed E-state index contributed by atoms with van der Waals surface area (Å²) in [6.07, 6.45) is 8.48. The summed E-state index contributed by atoms with van der Waals surface area (Å²) >= 11 is 11.9. The first kappa shape index (κ1) is 21.3. The first-order valence-corrected chi connectivity index (χ1v) is 11.8. The summed E-state index contributed by atoms with van der Waals surface area (Å²) in [4.78, 5) is 11.3. The lowest BCUT2D eigenvalue weighted by Gasteiger charge is -2.34. The van der Waals surface area contributed by atoms with Crippen molar-refractivity contribution in [3.63, 3.8) is 0 Å². The monoisotopic (exact) mass is 443 g/mol. The van der Waals surface area contributed by atoms with Crippen LogP contribution in [0, 0.1) is 0 Å². The SMILES string of the molecule is C[C@H]1CCCCN1c1cc(Cl)nc(NC(=S)NCC2(c3ccccc3)CCCC2)n1. The number of nitrogens with zero attached hydrogens (tertiary/aromatic N) is 3. The van der Waals surface area contributed by atoms with Crippen molar-refractivity contribution in [2.45, 2.75) is 63.3 Å². The molecule has 1 saturated carbocycles. The van der Waals surface area contributed by atoms with Gasteiger partial charge < -0.3 is 15.5 Å². The molecule has 1 saturated heterocycles. The van der Waals surface area contributed by atoms with Crippen LogP contribution in [0.5, 0.6) is 0 Å². The molecule has 2 aliphatic rings. The molecule has 4 rings (SSSR count). The van der Waals surface area contributed by atoms with Crippen LogP contribution in [0.4, 0.5) is 11.8 Å². The van der Waals surface area contributed by atoms with Gasteiger partial charge in [-0.2, -0.15) is 4.98 Å². The molecule has 0 unspecified atom stereocenters. The quantitative estimate of drug-likeness (QED) is 0.482. The van der Waals surface area contributed by atoms with Crippen LogP contribution in [0.25, 0.3) is 0 Å². The van der Waals surface area contributed by atoms with Crippen LogP contribution in [0.2, 0.25) is 5.15 Å². The number of piperidine rings is 1. The molecule has 1 aromatic carbocycles. The van der Waals surface area contributed by atoms with E-state index in [1.807, 2.05) is 6.07 Å². The summed E-state index contributed by atoms with van der Waals surface area (Å²) < 4.78 is 0. The van der Waals surface area contributed by atoms with Gasteiger partial charge in [-0.15, -0.1) is 0 Å². The topological polar surface area (TPSA) is 53.1 Å². The second-order valence-corrected chi connectivity index (χ2v) is 9.37. The minimum Gasteiger partial charge on any atom is -0.361 e. The van der Waals surface area contributed by atoms with Crippen LogP contribution in [0.15, 0.2) is 36.4 Å². The van der Waals surface area contributed by atoms with Crippen LogP contribution in [0.1, 0.15) is 57.4 Å². The van der Waals surface area contributed by atoms with Gasteiger partial charge in [-0.1, -0.05) is 54.8 Å². The Balaban J connectivity index is 1.42. The molecule has 1 aliphatic carbocycles. The largest absolute Gasteiger partial charge is 0.361 e. The molecule has 0 amide bonds. The molecular formula is C23H30ClN5S. The molecule has 0 radical (unpaired) electrons. The number of nitrogens with one attached hydrogen (secondary N) is 2. The molecule has 30 heavy (non-hydrogen) atoms. The molecule has 2 heterocycles. The Morgan fingerprint density at radius 2 is 1.93 bits per heavy atom. The highest BCUT2D eigenvalue weighted by atomic mass is 35.5. The van der Waals surface area contributed by atoms with E-state index in [9.17, 15) is 0 Å². The number of hydrogen-bond donors (Lipinski definition) is 2. The first-order chi connectivity index (χ1) is 14.6. The molecule has 1 atom stereocenters. The zero-order valence-corrected chi connectivity index (χ0v) is 19.1. The van der Waals surface area contributed by atoms with Crippen molar-refractivity contribution in [3.8, 4) is 0 Å². The predicted molar refractivity (Wildman–Crippen MR) is 129 cm³/mol. The van der Waals surface area contributed by atoms with Crippen molar-refractivity contribution >= 4 is 40.7 Å². The van der Waals surface area contributed by atoms with Crippen molar-refractivity contribution in [2.24, 2.45) is 0 Å². The lowest BCUT2D eigenvalue weighted by atomic mass is 9.79. The van der Waals surface area contributed by atoms with E-state index in [2.05, 4.69) is 57.8 Å². The Morgan fingerprint density at radius 3 is 2.67 bits per heavy atom. The number of halogens is 1. The third-order valence-electron chi connectivity index (χ3n) is 6.54. The summed E-state index contributed by atoms with van der Waals surface area (Å²) in [6.45, 7) is 4.04. The molecule has 2 N–H and O–H groups in total. The van der Waals surface area contributed by atoms with Crippen LogP contribution < -0.4 is 15.5 Å². The summed E-state index contributed by atoms with van der Waals surface area (Å²) in [5.74, 6) is 1.32. The molecule has 2 fully saturated rings. The lowest BCUT2D eigenvalue weighted by molar-refractivity contribution is 0.435. The maximum absolute atomic E-state index is 6.30. The van der Waals surface area contributed by atoms with Gasteiger partial charge in [0.25, 0.3) is 0 Å². The van der Waals surface area contributed by atoms with Gasteiger partial charge in [0.05, 0.1) is 0 Å². The molecule has 0 bridgehead atoms. The maximum Gasteiger partial charge on any atom is 0.232 e. The zero-order chi connectivity index (χ0) is 21.0. The molecular weight excluding hydrogens is 414 g/mol. The predicted octanol–water partition coefficient (Wildman–Crippen LogP) is 5.31. The summed E-state index contributed by atoms with van der Waals surface area (Å²) in [7, 11) is 0. The van der Waals surface area contributed by atoms with Crippen molar-refractivity contribution in [3.05, 3.63) is 47.1 Å². The van der Waals surface area contributed by atoms with Crippen LogP contribution in [-0.4, -0.2) is 34.2 Å². The van der Waals surface area contributed by atoms with E-state index in [1.54, 1.807) is 0 Å². The average Bonchev–Trinajstić information content (AvgIpc) is 3.23. The van der Waals surface area contributed by atoms with Gasteiger partial charge in [-0.05, 0) is 56.8 Å². The third kappa shape index (κ3) is 4.86. The normalized spacial score (nSPS) is 20.7. The number of thiocarbonyl (C=S) groups is 1. The smallest absolute Gasteiger partial charge is 0.232 e. The Labute approximate surface area is 189 Å². The van der Waals surface area contributed by atoms with E-state index in [1.165, 1.54) is 50.5 Å². The molecule has 0 spiro atoms. The average molecular weight is 444 g/mol. The molecule has 160 valence electrons. The minimum atomic E-state index is 0.135. The van der Waals surface area contributed by atoms with Crippen LogP contribution in [-0.2, 0) is 5.41 Å². The van der Waals surface area contributed by atoms with Crippen molar-refractivity contribution in [1.29, 1.82) is 0 Å². The highest BCUT2D eigenvalue weighted by Crippen LogP contribution is 2.40. The first-order valence-electron chi connectivity index (χ1n) is 11.0. The fourth-order valence-electron chi connectivity index (χ4n) is 4.85. The summed E-state index contributed by atoms with van der Waals surface area (Å²) in [5.41, 5.74) is 1.52. The van der Waals surface area contributed by atoms with Gasteiger partial charge in [0, 0.05) is 30.6 Å². The second kappa shape index (κ2) is 9.48. The van der Waals surface area contributed by atoms with Gasteiger partial charge >= 0.3 is 0 Å². The molecule has 1 aliphatic heterocycles. The van der Waals surface area contributed by atoms with Crippen molar-refractivity contribution in [2.75, 3.05) is 23.3 Å². The number of anilines is 2. The fraction of sp³-hybridized carbons (Fsp3) is 0.522. The molecule has 5 nitrogen and oxygen atoms in total. The zero-order valence-electron chi connectivity index (χ0n) is 17.5. The maximum atomic E-state index is 6.30. The Morgan fingerprint density at radius 1 is 1.17 bits per heavy atom. The number of benzene rings is 1. The van der Waals surface area contributed by atoms with E-state index in [-0.39, 0.29) is 5.41 Å². The summed E-state index contributed by atoms with van der Waals surface area (Å²) in [6, 6.07) is 13.1. The Hall–Kier alpha value is -1.92. The number of rotatable bonds is 5. The fourth-order valence-corrected chi connectivity index (χ4v) is 5.19.